The van der Waals surface area contributed by atoms with Gasteiger partial charge in [0, 0.05) is 5.02 Å². The van der Waals surface area contributed by atoms with E-state index < -0.39 is 0 Å². The van der Waals surface area contributed by atoms with Crippen LogP contribution in [0.3, 0.4) is 0 Å². The molecule has 0 aromatic heterocycles. The predicted octanol–water partition coefficient (Wildman–Crippen LogP) is 4.93. The van der Waals surface area contributed by atoms with Crippen LogP contribution in [0.5, 0.6) is 5.75 Å². The first-order valence-corrected chi connectivity index (χ1v) is 8.00. The van der Waals surface area contributed by atoms with Crippen LogP contribution < -0.4 is 10.1 Å². The summed E-state index contributed by atoms with van der Waals surface area (Å²) in [6.07, 6.45) is 2.43. The Morgan fingerprint density at radius 2 is 1.95 bits per heavy atom. The number of nitrogens with one attached hydrogen (secondary N) is 1. The zero-order valence-corrected chi connectivity index (χ0v) is 14.2. The Bertz CT molecular complexity index is 418. The molecule has 0 fully saturated rings. The van der Waals surface area contributed by atoms with Crippen molar-refractivity contribution in [1.82, 2.24) is 5.32 Å². The van der Waals surface area contributed by atoms with Crippen LogP contribution in [0.1, 0.15) is 57.6 Å². The molecule has 2 nitrogen and oxygen atoms in total. The van der Waals surface area contributed by atoms with Gasteiger partial charge < -0.3 is 10.1 Å². The monoisotopic (exact) mass is 297 g/mol. The molecule has 0 saturated carbocycles. The summed E-state index contributed by atoms with van der Waals surface area (Å²) in [4.78, 5) is 0. The molecule has 0 aliphatic carbocycles. The van der Waals surface area contributed by atoms with Gasteiger partial charge in [0.25, 0.3) is 0 Å². The molecule has 1 aromatic rings. The van der Waals surface area contributed by atoms with Gasteiger partial charge in [-0.05, 0) is 69.0 Å². The summed E-state index contributed by atoms with van der Waals surface area (Å²) in [6.45, 7) is 12.7. The summed E-state index contributed by atoms with van der Waals surface area (Å²) < 4.78 is 6.08. The number of hydrogen-bond acceptors (Lipinski definition) is 2. The van der Waals surface area contributed by atoms with Crippen molar-refractivity contribution in [2.75, 3.05) is 13.1 Å². The molecule has 0 spiro atoms. The van der Waals surface area contributed by atoms with Crippen LogP contribution in [0.2, 0.25) is 5.02 Å². The Kier molecular flexibility index (Phi) is 7.39. The minimum absolute atomic E-state index is 0.230. The van der Waals surface area contributed by atoms with Gasteiger partial charge in [0.2, 0.25) is 0 Å². The average Bonchev–Trinajstić information content (AvgIpc) is 2.37. The summed E-state index contributed by atoms with van der Waals surface area (Å²) in [5.74, 6) is 1.38. The molecule has 0 heterocycles. The molecule has 0 saturated heterocycles. The first-order chi connectivity index (χ1) is 9.45. The standard InChI is InChI=1S/C17H28ClNO/c1-6-19-9-7-8-14(5)20-17-11-15(12(2)3)16(18)10-13(17)4/h10-12,14,19H,6-9H2,1-5H3. The number of halogens is 1. The molecular weight excluding hydrogens is 270 g/mol. The van der Waals surface area contributed by atoms with E-state index in [1.165, 1.54) is 0 Å². The Balaban J connectivity index is 2.64. The van der Waals surface area contributed by atoms with Gasteiger partial charge in [-0.1, -0.05) is 32.4 Å². The molecule has 1 N–H and O–H groups in total. The lowest BCUT2D eigenvalue weighted by Crippen LogP contribution is -2.18. The molecule has 20 heavy (non-hydrogen) atoms. The van der Waals surface area contributed by atoms with Crippen LogP contribution in [0.15, 0.2) is 12.1 Å². The van der Waals surface area contributed by atoms with Crippen LogP contribution in [-0.2, 0) is 0 Å². The Hall–Kier alpha value is -0.730. The number of benzene rings is 1. The highest BCUT2D eigenvalue weighted by Gasteiger charge is 2.12. The van der Waals surface area contributed by atoms with Gasteiger partial charge >= 0.3 is 0 Å². The average molecular weight is 298 g/mol. The molecule has 114 valence electrons. The molecule has 1 rings (SSSR count). The fourth-order valence-corrected chi connectivity index (χ4v) is 2.64. The molecule has 0 bridgehead atoms. The molecule has 0 amide bonds. The van der Waals surface area contributed by atoms with Gasteiger partial charge in [0.15, 0.2) is 0 Å². The number of hydrogen-bond donors (Lipinski definition) is 1. The lowest BCUT2D eigenvalue weighted by atomic mass is 10.0. The van der Waals surface area contributed by atoms with Gasteiger partial charge in [0.1, 0.15) is 5.75 Å². The zero-order valence-electron chi connectivity index (χ0n) is 13.4. The normalized spacial score (nSPS) is 12.8. The fraction of sp³-hybridized carbons (Fsp3) is 0.647. The summed E-state index contributed by atoms with van der Waals surface area (Å²) in [5.41, 5.74) is 2.27. The molecular formula is C17H28ClNO. The second-order valence-corrected chi connectivity index (χ2v) is 6.13. The van der Waals surface area contributed by atoms with Crippen molar-refractivity contribution < 1.29 is 4.74 Å². The Morgan fingerprint density at radius 3 is 2.55 bits per heavy atom. The molecule has 1 aromatic carbocycles. The summed E-state index contributed by atoms with van der Waals surface area (Å²) >= 11 is 6.29. The van der Waals surface area contributed by atoms with Crippen molar-refractivity contribution in [2.45, 2.75) is 59.5 Å². The largest absolute Gasteiger partial charge is 0.490 e. The molecule has 1 atom stereocenters. The number of ether oxygens (including phenoxy) is 1. The minimum atomic E-state index is 0.230. The highest BCUT2D eigenvalue weighted by Crippen LogP contribution is 2.32. The zero-order chi connectivity index (χ0) is 15.1. The van der Waals surface area contributed by atoms with Gasteiger partial charge in [-0.3, -0.25) is 0 Å². The van der Waals surface area contributed by atoms with Gasteiger partial charge in [-0.25, -0.2) is 0 Å². The molecule has 0 aliphatic heterocycles. The fourth-order valence-electron chi connectivity index (χ4n) is 2.20. The quantitative estimate of drug-likeness (QED) is 0.687. The van der Waals surface area contributed by atoms with E-state index in [-0.39, 0.29) is 6.10 Å². The second kappa shape index (κ2) is 8.53. The third kappa shape index (κ3) is 5.34. The van der Waals surface area contributed by atoms with E-state index in [4.69, 9.17) is 16.3 Å². The van der Waals surface area contributed by atoms with Crippen LogP contribution in [0.4, 0.5) is 0 Å². The first-order valence-electron chi connectivity index (χ1n) is 7.63. The predicted molar refractivity (Wildman–Crippen MR) is 88.1 cm³/mol. The number of rotatable bonds is 8. The SMILES string of the molecule is CCNCCCC(C)Oc1cc(C(C)C)c(Cl)cc1C. The highest BCUT2D eigenvalue weighted by atomic mass is 35.5. The van der Waals surface area contributed by atoms with Crippen LogP contribution >= 0.6 is 11.6 Å². The van der Waals surface area contributed by atoms with Crippen molar-refractivity contribution in [3.05, 3.63) is 28.3 Å². The maximum Gasteiger partial charge on any atom is 0.122 e. The van der Waals surface area contributed by atoms with Crippen molar-refractivity contribution >= 4 is 11.6 Å². The van der Waals surface area contributed by atoms with Crippen molar-refractivity contribution in [1.29, 1.82) is 0 Å². The van der Waals surface area contributed by atoms with Crippen LogP contribution in [0.25, 0.3) is 0 Å². The van der Waals surface area contributed by atoms with Crippen molar-refractivity contribution in [2.24, 2.45) is 0 Å². The molecule has 3 heteroatoms. The van der Waals surface area contributed by atoms with Gasteiger partial charge in [0.05, 0.1) is 6.10 Å². The van der Waals surface area contributed by atoms with E-state index in [0.29, 0.717) is 5.92 Å². The first kappa shape index (κ1) is 17.3. The van der Waals surface area contributed by atoms with E-state index in [1.54, 1.807) is 0 Å². The lowest BCUT2D eigenvalue weighted by Gasteiger charge is -2.19. The van der Waals surface area contributed by atoms with Crippen LogP contribution in [-0.4, -0.2) is 19.2 Å². The topological polar surface area (TPSA) is 21.3 Å². The van der Waals surface area contributed by atoms with Crippen LogP contribution in [0, 0.1) is 6.92 Å². The van der Waals surface area contributed by atoms with Crippen molar-refractivity contribution in [3.8, 4) is 5.75 Å². The maximum atomic E-state index is 6.29. The van der Waals surface area contributed by atoms with Gasteiger partial charge in [-0.15, -0.1) is 0 Å². The van der Waals surface area contributed by atoms with E-state index in [1.807, 2.05) is 6.07 Å². The summed E-state index contributed by atoms with van der Waals surface area (Å²) in [7, 11) is 0. The highest BCUT2D eigenvalue weighted by molar-refractivity contribution is 6.31. The van der Waals surface area contributed by atoms with E-state index >= 15 is 0 Å². The maximum absolute atomic E-state index is 6.29. The molecule has 1 unspecified atom stereocenters. The van der Waals surface area contributed by atoms with E-state index in [9.17, 15) is 0 Å². The molecule has 0 aliphatic rings. The third-order valence-electron chi connectivity index (χ3n) is 3.46. The van der Waals surface area contributed by atoms with Gasteiger partial charge in [-0.2, -0.15) is 0 Å². The summed E-state index contributed by atoms with van der Waals surface area (Å²) in [5, 5.41) is 4.18. The van der Waals surface area contributed by atoms with Crippen molar-refractivity contribution in [3.63, 3.8) is 0 Å². The molecule has 0 radical (unpaired) electrons. The third-order valence-corrected chi connectivity index (χ3v) is 3.79. The second-order valence-electron chi connectivity index (χ2n) is 5.72. The van der Waals surface area contributed by atoms with E-state index in [0.717, 1.165) is 47.8 Å². The lowest BCUT2D eigenvalue weighted by molar-refractivity contribution is 0.206. The Morgan fingerprint density at radius 1 is 1.25 bits per heavy atom. The van der Waals surface area contributed by atoms with E-state index in [2.05, 4.69) is 46.0 Å². The number of aryl methyl sites for hydroxylation is 1. The minimum Gasteiger partial charge on any atom is -0.490 e. The Labute approximate surface area is 128 Å². The summed E-state index contributed by atoms with van der Waals surface area (Å²) in [6, 6.07) is 4.11. The smallest absolute Gasteiger partial charge is 0.122 e.